The van der Waals surface area contributed by atoms with Crippen LogP contribution in [-0.4, -0.2) is 29.5 Å². The Morgan fingerprint density at radius 1 is 1.40 bits per heavy atom. The van der Waals surface area contributed by atoms with E-state index in [1.807, 2.05) is 0 Å². The lowest BCUT2D eigenvalue weighted by Gasteiger charge is -2.08. The third-order valence-corrected chi connectivity index (χ3v) is 3.95. The predicted molar refractivity (Wildman–Crippen MR) is 69.8 cm³/mol. The summed E-state index contributed by atoms with van der Waals surface area (Å²) in [6.45, 7) is -0.0562. The molecule has 1 amide bonds. The quantitative estimate of drug-likeness (QED) is 0.516. The minimum absolute atomic E-state index is 0.0562. The van der Waals surface area contributed by atoms with Gasteiger partial charge in [0.1, 0.15) is 17.0 Å². The third-order valence-electron chi connectivity index (χ3n) is 2.48. The van der Waals surface area contributed by atoms with Crippen LogP contribution in [0.25, 0.3) is 0 Å². The second-order valence-corrected chi connectivity index (χ2v) is 5.61. The van der Waals surface area contributed by atoms with Gasteiger partial charge in [-0.25, -0.2) is 18.1 Å². The largest absolute Gasteiger partial charge is 0.398 e. The number of nitrogens with one attached hydrogen (secondary N) is 2. The zero-order valence-corrected chi connectivity index (χ0v) is 11.0. The van der Waals surface area contributed by atoms with E-state index in [1.165, 1.54) is 24.5 Å². The molecule has 0 fully saturated rings. The van der Waals surface area contributed by atoms with Gasteiger partial charge in [-0.3, -0.25) is 9.89 Å². The minimum atomic E-state index is -3.82. The molecule has 1 aromatic heterocycles. The van der Waals surface area contributed by atoms with Gasteiger partial charge in [0.2, 0.25) is 15.9 Å². The molecule has 2 rings (SSSR count). The van der Waals surface area contributed by atoms with E-state index in [9.17, 15) is 13.2 Å². The average Bonchev–Trinajstić information content (AvgIpc) is 2.89. The summed E-state index contributed by atoms with van der Waals surface area (Å²) in [7, 11) is -3.82. The molecule has 10 heteroatoms. The number of nitrogens with zero attached hydrogens (tertiary/aromatic N) is 2. The highest BCUT2D eigenvalue weighted by Gasteiger charge is 2.18. The molecule has 0 saturated heterocycles. The van der Waals surface area contributed by atoms with Gasteiger partial charge >= 0.3 is 0 Å². The lowest BCUT2D eigenvalue weighted by atomic mass is 10.2. The molecule has 0 bridgehead atoms. The first-order valence-corrected chi connectivity index (χ1v) is 6.91. The van der Waals surface area contributed by atoms with E-state index in [2.05, 4.69) is 19.9 Å². The number of benzene rings is 1. The fourth-order valence-electron chi connectivity index (χ4n) is 1.50. The molecule has 1 aromatic carbocycles. The first-order valence-electron chi connectivity index (χ1n) is 5.43. The molecule has 0 unspecified atom stereocenters. The molecule has 0 aliphatic carbocycles. The van der Waals surface area contributed by atoms with Crippen molar-refractivity contribution in [2.75, 3.05) is 5.73 Å². The van der Waals surface area contributed by atoms with Gasteiger partial charge in [-0.1, -0.05) is 0 Å². The van der Waals surface area contributed by atoms with Gasteiger partial charge in [0.05, 0.1) is 12.2 Å². The van der Waals surface area contributed by atoms with E-state index in [4.69, 9.17) is 11.5 Å². The van der Waals surface area contributed by atoms with Gasteiger partial charge in [0.15, 0.2) is 0 Å². The second kappa shape index (κ2) is 5.27. The summed E-state index contributed by atoms with van der Waals surface area (Å²) in [5, 5.41) is 6.12. The molecule has 1 heterocycles. The number of aromatic nitrogens is 3. The Morgan fingerprint density at radius 2 is 2.15 bits per heavy atom. The molecule has 0 aliphatic heterocycles. The number of primary amides is 1. The number of anilines is 1. The maximum atomic E-state index is 12.1. The Hall–Kier alpha value is -2.46. The van der Waals surface area contributed by atoms with Crippen LogP contribution in [0.1, 0.15) is 16.2 Å². The molecule has 2 aromatic rings. The number of nitrogen functional groups attached to an aromatic ring is 1. The lowest BCUT2D eigenvalue weighted by molar-refractivity contribution is 0.1000. The number of hydrogen-bond donors (Lipinski definition) is 4. The van der Waals surface area contributed by atoms with Crippen LogP contribution in [0.2, 0.25) is 0 Å². The number of hydrogen-bond acceptors (Lipinski definition) is 6. The topological polar surface area (TPSA) is 157 Å². The Balaban J connectivity index is 2.23. The van der Waals surface area contributed by atoms with Crippen LogP contribution < -0.4 is 16.2 Å². The number of H-pyrrole nitrogens is 1. The van der Waals surface area contributed by atoms with Crippen molar-refractivity contribution in [1.29, 1.82) is 0 Å². The van der Waals surface area contributed by atoms with Crippen molar-refractivity contribution in [2.45, 2.75) is 11.4 Å². The first-order chi connectivity index (χ1) is 9.40. The van der Waals surface area contributed by atoms with Crippen LogP contribution in [-0.2, 0) is 16.6 Å². The number of sulfonamides is 1. The molecule has 0 radical (unpaired) electrons. The zero-order chi connectivity index (χ0) is 14.8. The Bertz CT molecular complexity index is 725. The van der Waals surface area contributed by atoms with Crippen molar-refractivity contribution < 1.29 is 13.2 Å². The number of rotatable bonds is 5. The van der Waals surface area contributed by atoms with E-state index in [1.54, 1.807) is 0 Å². The van der Waals surface area contributed by atoms with Crippen molar-refractivity contribution in [1.82, 2.24) is 19.9 Å². The lowest BCUT2D eigenvalue weighted by Crippen LogP contribution is -2.25. The molecular formula is C10H12N6O3S. The fraction of sp³-hybridized carbons (Fsp3) is 0.100. The Morgan fingerprint density at radius 3 is 2.70 bits per heavy atom. The first kappa shape index (κ1) is 14.0. The summed E-state index contributed by atoms with van der Waals surface area (Å²) in [6, 6.07) is 3.73. The van der Waals surface area contributed by atoms with Crippen molar-refractivity contribution in [2.24, 2.45) is 5.73 Å². The van der Waals surface area contributed by atoms with Gasteiger partial charge in [0.25, 0.3) is 0 Å². The van der Waals surface area contributed by atoms with Gasteiger partial charge in [0, 0.05) is 5.56 Å². The van der Waals surface area contributed by atoms with Crippen LogP contribution in [0, 0.1) is 0 Å². The Kier molecular flexibility index (Phi) is 3.68. The van der Waals surface area contributed by atoms with Crippen molar-refractivity contribution in [3.05, 3.63) is 35.9 Å². The summed E-state index contributed by atoms with van der Waals surface area (Å²) in [4.78, 5) is 14.6. The highest BCUT2D eigenvalue weighted by molar-refractivity contribution is 7.89. The second-order valence-electron chi connectivity index (χ2n) is 3.87. The van der Waals surface area contributed by atoms with E-state index >= 15 is 0 Å². The van der Waals surface area contributed by atoms with E-state index in [0.717, 1.165) is 0 Å². The normalized spacial score (nSPS) is 11.4. The molecule has 0 aliphatic rings. The maximum absolute atomic E-state index is 12.1. The van der Waals surface area contributed by atoms with E-state index < -0.39 is 15.9 Å². The molecule has 0 saturated carbocycles. The predicted octanol–water partition coefficient (Wildman–Crippen LogP) is -1.04. The summed E-state index contributed by atoms with van der Waals surface area (Å²) in [6.07, 6.45) is 1.26. The molecule has 0 spiro atoms. The molecule has 9 nitrogen and oxygen atoms in total. The van der Waals surface area contributed by atoms with Gasteiger partial charge in [-0.15, -0.1) is 0 Å². The average molecular weight is 296 g/mol. The minimum Gasteiger partial charge on any atom is -0.398 e. The van der Waals surface area contributed by atoms with Gasteiger partial charge < -0.3 is 11.5 Å². The highest BCUT2D eigenvalue weighted by Crippen LogP contribution is 2.19. The van der Waals surface area contributed by atoms with E-state index in [0.29, 0.717) is 5.82 Å². The van der Waals surface area contributed by atoms with Gasteiger partial charge in [-0.05, 0) is 18.2 Å². The molecule has 0 atom stereocenters. The number of carbonyl (C=O) groups excluding carboxylic acids is 1. The molecule has 106 valence electrons. The van der Waals surface area contributed by atoms with Crippen LogP contribution in [0.3, 0.4) is 0 Å². The fourth-order valence-corrected chi connectivity index (χ4v) is 2.60. The summed E-state index contributed by atoms with van der Waals surface area (Å²) in [5.74, 6) is -0.323. The zero-order valence-electron chi connectivity index (χ0n) is 10.2. The highest BCUT2D eigenvalue weighted by atomic mass is 32.2. The number of aromatic amines is 1. The number of carbonyl (C=O) groups is 1. The monoisotopic (exact) mass is 296 g/mol. The van der Waals surface area contributed by atoms with Gasteiger partial charge in [-0.2, -0.15) is 5.10 Å². The van der Waals surface area contributed by atoms with Crippen molar-refractivity contribution in [3.8, 4) is 0 Å². The van der Waals surface area contributed by atoms with E-state index in [-0.39, 0.29) is 22.7 Å². The van der Waals surface area contributed by atoms with Crippen LogP contribution >= 0.6 is 0 Å². The third kappa shape index (κ3) is 2.92. The van der Waals surface area contributed by atoms with Crippen LogP contribution in [0.15, 0.2) is 29.4 Å². The SMILES string of the molecule is NC(=O)c1ccc(S(=O)(=O)NCc2ncn[nH]2)c(N)c1. The van der Waals surface area contributed by atoms with Crippen LogP contribution in [0.5, 0.6) is 0 Å². The standard InChI is InChI=1S/C10H12N6O3S/c11-7-3-6(10(12)17)1-2-8(7)20(18,19)15-4-9-13-5-14-16-9/h1-3,5,15H,4,11H2,(H2,12,17)(H,13,14,16). The summed E-state index contributed by atoms with van der Waals surface area (Å²) < 4.78 is 26.4. The molecule has 20 heavy (non-hydrogen) atoms. The summed E-state index contributed by atoms with van der Waals surface area (Å²) in [5.41, 5.74) is 10.8. The smallest absolute Gasteiger partial charge is 0.248 e. The van der Waals surface area contributed by atoms with Crippen LogP contribution in [0.4, 0.5) is 5.69 Å². The Labute approximate surface area is 114 Å². The summed E-state index contributed by atoms with van der Waals surface area (Å²) >= 11 is 0. The number of amides is 1. The van der Waals surface area contributed by atoms with Crippen molar-refractivity contribution in [3.63, 3.8) is 0 Å². The molecule has 6 N–H and O–H groups in total. The maximum Gasteiger partial charge on any atom is 0.248 e. The molecular weight excluding hydrogens is 284 g/mol. The van der Waals surface area contributed by atoms with Crippen molar-refractivity contribution >= 4 is 21.6 Å². The number of nitrogens with two attached hydrogens (primary N) is 2.